The van der Waals surface area contributed by atoms with Crippen LogP contribution in [0.15, 0.2) is 76.1 Å². The van der Waals surface area contributed by atoms with Crippen LogP contribution in [0, 0.1) is 17.0 Å². The number of methoxy groups -OCH3 is 1. The summed E-state index contributed by atoms with van der Waals surface area (Å²) in [5, 5.41) is 14.5. The quantitative estimate of drug-likeness (QED) is 0.218. The van der Waals surface area contributed by atoms with Crippen molar-refractivity contribution in [1.29, 1.82) is 0 Å². The lowest BCUT2D eigenvalue weighted by molar-refractivity contribution is -0.385. The summed E-state index contributed by atoms with van der Waals surface area (Å²) in [5.41, 5.74) is 0.200. The first-order valence-electron chi connectivity index (χ1n) is 13.3. The number of nitrogens with zero attached hydrogens (tertiary/aromatic N) is 3. The van der Waals surface area contributed by atoms with Crippen molar-refractivity contribution < 1.29 is 27.7 Å². The lowest BCUT2D eigenvalue weighted by Gasteiger charge is -2.33. The van der Waals surface area contributed by atoms with Crippen LogP contribution in [0.4, 0.5) is 11.4 Å². The van der Waals surface area contributed by atoms with Gasteiger partial charge in [0.2, 0.25) is 11.8 Å². The molecule has 43 heavy (non-hydrogen) atoms. The van der Waals surface area contributed by atoms with E-state index in [-0.39, 0.29) is 28.4 Å². The van der Waals surface area contributed by atoms with E-state index in [0.29, 0.717) is 5.75 Å². The standard InChI is InChI=1S/C30H35BrN4O7S/c1-20-7-16-26(17-27(20)35(38)39)43(40,41)34(24-12-14-25(42-6)15-13-24)19-28(36)33(18-22-8-10-23(31)11-9-22)21(2)29(37)32-30(3,4)5/h7-17,21H,18-19H2,1-6H3,(H,32,37)/t21-/m1/s1. The molecule has 0 unspecified atom stereocenters. The van der Waals surface area contributed by atoms with Crippen LogP contribution in [0.3, 0.4) is 0 Å². The average Bonchev–Trinajstić information content (AvgIpc) is 2.94. The van der Waals surface area contributed by atoms with Crippen LogP contribution < -0.4 is 14.4 Å². The van der Waals surface area contributed by atoms with Crippen LogP contribution in [0.25, 0.3) is 0 Å². The third kappa shape index (κ3) is 8.54. The molecule has 2 amide bonds. The minimum absolute atomic E-state index is 0.0251. The molecule has 1 N–H and O–H groups in total. The van der Waals surface area contributed by atoms with Gasteiger partial charge in [0.15, 0.2) is 0 Å². The van der Waals surface area contributed by atoms with Gasteiger partial charge in [-0.2, -0.15) is 0 Å². The molecule has 11 nitrogen and oxygen atoms in total. The van der Waals surface area contributed by atoms with Gasteiger partial charge in [0.25, 0.3) is 15.7 Å². The lowest BCUT2D eigenvalue weighted by atomic mass is 10.1. The number of hydrogen-bond donors (Lipinski definition) is 1. The minimum atomic E-state index is -4.49. The van der Waals surface area contributed by atoms with Crippen LogP contribution in [0.5, 0.6) is 5.75 Å². The van der Waals surface area contributed by atoms with Crippen molar-refractivity contribution in [3.8, 4) is 5.75 Å². The number of benzene rings is 3. The number of anilines is 1. The molecular weight excluding hydrogens is 640 g/mol. The smallest absolute Gasteiger partial charge is 0.273 e. The number of carbonyl (C=O) groups is 2. The molecule has 3 aromatic rings. The fourth-order valence-corrected chi connectivity index (χ4v) is 5.89. The second-order valence-electron chi connectivity index (χ2n) is 11.0. The molecule has 0 saturated carbocycles. The first-order valence-corrected chi connectivity index (χ1v) is 15.5. The van der Waals surface area contributed by atoms with Crippen LogP contribution in [0.2, 0.25) is 0 Å². The van der Waals surface area contributed by atoms with Crippen molar-refractivity contribution in [1.82, 2.24) is 10.2 Å². The topological polar surface area (TPSA) is 139 Å². The summed E-state index contributed by atoms with van der Waals surface area (Å²) in [6.45, 7) is 7.87. The van der Waals surface area contributed by atoms with Gasteiger partial charge in [-0.05, 0) is 82.6 Å². The van der Waals surface area contributed by atoms with Gasteiger partial charge in [-0.3, -0.25) is 24.0 Å². The fraction of sp³-hybridized carbons (Fsp3) is 0.333. The van der Waals surface area contributed by atoms with Crippen molar-refractivity contribution in [3.63, 3.8) is 0 Å². The van der Waals surface area contributed by atoms with Crippen LogP contribution >= 0.6 is 15.9 Å². The Morgan fingerprint density at radius 1 is 1.05 bits per heavy atom. The van der Waals surface area contributed by atoms with E-state index in [2.05, 4.69) is 21.2 Å². The number of ether oxygens (including phenoxy) is 1. The number of sulfonamides is 1. The summed E-state index contributed by atoms with van der Waals surface area (Å²) in [6.07, 6.45) is 0. The third-order valence-corrected chi connectivity index (χ3v) is 8.83. The Labute approximate surface area is 260 Å². The molecule has 0 aromatic heterocycles. The van der Waals surface area contributed by atoms with Crippen LogP contribution in [-0.4, -0.2) is 55.3 Å². The zero-order valence-corrected chi connectivity index (χ0v) is 27.2. The number of aryl methyl sites for hydroxylation is 1. The Balaban J connectivity index is 2.10. The zero-order valence-electron chi connectivity index (χ0n) is 24.8. The maximum Gasteiger partial charge on any atom is 0.273 e. The molecule has 13 heteroatoms. The Morgan fingerprint density at radius 2 is 1.65 bits per heavy atom. The number of hydrogen-bond acceptors (Lipinski definition) is 7. The summed E-state index contributed by atoms with van der Waals surface area (Å²) in [7, 11) is -3.03. The maximum absolute atomic E-state index is 14.0. The Kier molecular flexibility index (Phi) is 10.6. The fourth-order valence-electron chi connectivity index (χ4n) is 4.19. The van der Waals surface area contributed by atoms with Crippen LogP contribution in [-0.2, 0) is 26.2 Å². The highest BCUT2D eigenvalue weighted by Crippen LogP contribution is 2.29. The van der Waals surface area contributed by atoms with Gasteiger partial charge in [0.05, 0.1) is 22.6 Å². The zero-order chi connectivity index (χ0) is 32.1. The molecule has 0 fully saturated rings. The molecule has 0 aliphatic rings. The van der Waals surface area contributed by atoms with Crippen molar-refractivity contribution >= 4 is 49.1 Å². The van der Waals surface area contributed by atoms with Crippen LogP contribution in [0.1, 0.15) is 38.8 Å². The van der Waals surface area contributed by atoms with Gasteiger partial charge in [0.1, 0.15) is 18.3 Å². The number of carbonyl (C=O) groups excluding carboxylic acids is 2. The van der Waals surface area contributed by atoms with Gasteiger partial charge >= 0.3 is 0 Å². The Morgan fingerprint density at radius 3 is 2.19 bits per heavy atom. The summed E-state index contributed by atoms with van der Waals surface area (Å²) in [6, 6.07) is 15.8. The highest BCUT2D eigenvalue weighted by Gasteiger charge is 2.34. The molecule has 0 saturated heterocycles. The van der Waals surface area contributed by atoms with E-state index in [4.69, 9.17) is 4.74 Å². The molecule has 0 aliphatic heterocycles. The SMILES string of the molecule is COc1ccc(N(CC(=O)N(Cc2ccc(Br)cc2)[C@H](C)C(=O)NC(C)(C)C)S(=O)(=O)c2ccc(C)c([N+](=O)[O-])c2)cc1. The minimum Gasteiger partial charge on any atom is -0.497 e. The predicted octanol–water partition coefficient (Wildman–Crippen LogP) is 5.20. The van der Waals surface area contributed by atoms with Gasteiger partial charge in [0, 0.05) is 28.2 Å². The monoisotopic (exact) mass is 674 g/mol. The second kappa shape index (κ2) is 13.6. The summed E-state index contributed by atoms with van der Waals surface area (Å²) in [5.74, 6) is -0.603. The van der Waals surface area contributed by atoms with Gasteiger partial charge < -0.3 is 15.0 Å². The van der Waals surface area contributed by atoms with Crippen molar-refractivity contribution in [2.75, 3.05) is 18.0 Å². The van der Waals surface area contributed by atoms with Crippen molar-refractivity contribution in [2.45, 2.75) is 57.6 Å². The van der Waals surface area contributed by atoms with E-state index in [1.807, 2.05) is 20.8 Å². The second-order valence-corrected chi connectivity index (χ2v) is 13.8. The largest absolute Gasteiger partial charge is 0.497 e. The molecule has 0 aliphatic carbocycles. The Hall–Kier alpha value is -3.97. The van der Waals surface area contributed by atoms with E-state index in [0.717, 1.165) is 20.4 Å². The number of nitro benzene ring substituents is 1. The van der Waals surface area contributed by atoms with E-state index in [1.165, 1.54) is 43.2 Å². The first kappa shape index (κ1) is 33.5. The molecule has 0 radical (unpaired) electrons. The molecule has 1 atom stereocenters. The number of halogens is 1. The summed E-state index contributed by atoms with van der Waals surface area (Å²) >= 11 is 3.39. The first-order chi connectivity index (χ1) is 20.0. The van der Waals surface area contributed by atoms with Crippen molar-refractivity contribution in [2.24, 2.45) is 0 Å². The molecule has 230 valence electrons. The lowest BCUT2D eigenvalue weighted by Crippen LogP contribution is -2.54. The average molecular weight is 676 g/mol. The highest BCUT2D eigenvalue weighted by molar-refractivity contribution is 9.10. The molecule has 0 bridgehead atoms. The van der Waals surface area contributed by atoms with Gasteiger partial charge in [-0.15, -0.1) is 0 Å². The number of amides is 2. The highest BCUT2D eigenvalue weighted by atomic mass is 79.9. The van der Waals surface area contributed by atoms with E-state index < -0.39 is 44.9 Å². The molecule has 0 heterocycles. The molecule has 3 aromatic carbocycles. The van der Waals surface area contributed by atoms with E-state index in [1.54, 1.807) is 43.3 Å². The van der Waals surface area contributed by atoms with Gasteiger partial charge in [-0.1, -0.05) is 34.1 Å². The van der Waals surface area contributed by atoms with Gasteiger partial charge in [-0.25, -0.2) is 8.42 Å². The molecule has 0 spiro atoms. The third-order valence-electron chi connectivity index (χ3n) is 6.54. The molecular formula is C30H35BrN4O7S. The maximum atomic E-state index is 14.0. The summed E-state index contributed by atoms with van der Waals surface area (Å²) in [4.78, 5) is 39.1. The number of nitrogens with one attached hydrogen (secondary N) is 1. The Bertz CT molecular complexity index is 1590. The van der Waals surface area contributed by atoms with E-state index >= 15 is 0 Å². The number of rotatable bonds is 11. The molecule has 3 rings (SSSR count). The predicted molar refractivity (Wildman–Crippen MR) is 167 cm³/mol. The van der Waals surface area contributed by atoms with E-state index in [9.17, 15) is 28.1 Å². The summed E-state index contributed by atoms with van der Waals surface area (Å²) < 4.78 is 35.0. The normalized spacial score (nSPS) is 12.3. The van der Waals surface area contributed by atoms with Crippen molar-refractivity contribution in [3.05, 3.63) is 92.4 Å². The number of nitro groups is 1.